The van der Waals surface area contributed by atoms with Crippen LogP contribution in [-0.4, -0.2) is 48.8 Å². The topological polar surface area (TPSA) is 89.9 Å². The quantitative estimate of drug-likeness (QED) is 0.682. The van der Waals surface area contributed by atoms with Crippen molar-refractivity contribution in [2.45, 2.75) is 25.8 Å². The fourth-order valence-electron chi connectivity index (χ4n) is 3.35. The molecule has 9 heteroatoms. The van der Waals surface area contributed by atoms with E-state index < -0.39 is 0 Å². The Morgan fingerprint density at radius 2 is 2.22 bits per heavy atom. The molecule has 1 aliphatic rings. The maximum atomic E-state index is 13.9. The standard InChI is InChI=1S/C18H19FN6O2/c19-15-6-2-1-5-14(15)18-22-16(27-23-18)8-13-4-3-7-24(9-13)17(26)10-25-12-20-11-21-25/h1-2,5-6,11-13H,3-4,7-10H2/t13-/m1/s1. The minimum Gasteiger partial charge on any atom is -0.341 e. The molecule has 1 aromatic carbocycles. The smallest absolute Gasteiger partial charge is 0.244 e. The van der Waals surface area contributed by atoms with Gasteiger partial charge in [-0.2, -0.15) is 10.1 Å². The summed E-state index contributed by atoms with van der Waals surface area (Å²) in [5, 5.41) is 7.86. The molecule has 8 nitrogen and oxygen atoms in total. The highest BCUT2D eigenvalue weighted by Crippen LogP contribution is 2.23. The van der Waals surface area contributed by atoms with Gasteiger partial charge in [-0.3, -0.25) is 4.79 Å². The molecule has 1 aliphatic heterocycles. The first-order valence-electron chi connectivity index (χ1n) is 8.86. The highest BCUT2D eigenvalue weighted by Gasteiger charge is 2.26. The number of piperidine rings is 1. The van der Waals surface area contributed by atoms with Crippen molar-refractivity contribution in [2.24, 2.45) is 5.92 Å². The van der Waals surface area contributed by atoms with E-state index in [0.717, 1.165) is 19.4 Å². The molecule has 4 rings (SSSR count). The number of hydrogen-bond donors (Lipinski definition) is 0. The number of carbonyl (C=O) groups excluding carboxylic acids is 1. The van der Waals surface area contributed by atoms with Crippen LogP contribution in [0, 0.1) is 11.7 Å². The minimum atomic E-state index is -0.382. The van der Waals surface area contributed by atoms with Crippen LogP contribution < -0.4 is 0 Å². The molecule has 0 bridgehead atoms. The van der Waals surface area contributed by atoms with Crippen LogP contribution in [0.5, 0.6) is 0 Å². The predicted molar refractivity (Wildman–Crippen MR) is 92.7 cm³/mol. The lowest BCUT2D eigenvalue weighted by Gasteiger charge is -2.32. The molecule has 0 aliphatic carbocycles. The minimum absolute atomic E-state index is 0.0165. The van der Waals surface area contributed by atoms with Gasteiger partial charge in [0.25, 0.3) is 0 Å². The lowest BCUT2D eigenvalue weighted by molar-refractivity contribution is -0.133. The number of hydrogen-bond acceptors (Lipinski definition) is 6. The monoisotopic (exact) mass is 370 g/mol. The molecular formula is C18H19FN6O2. The van der Waals surface area contributed by atoms with Crippen molar-refractivity contribution in [3.63, 3.8) is 0 Å². The summed E-state index contributed by atoms with van der Waals surface area (Å²) in [7, 11) is 0. The maximum absolute atomic E-state index is 13.9. The van der Waals surface area contributed by atoms with Crippen LogP contribution in [0.3, 0.4) is 0 Å². The van der Waals surface area contributed by atoms with Gasteiger partial charge in [-0.15, -0.1) is 0 Å². The maximum Gasteiger partial charge on any atom is 0.244 e. The van der Waals surface area contributed by atoms with Crippen LogP contribution >= 0.6 is 0 Å². The number of likely N-dealkylation sites (tertiary alicyclic amines) is 1. The zero-order valence-corrected chi connectivity index (χ0v) is 14.7. The molecule has 1 amide bonds. The normalized spacial score (nSPS) is 17.2. The summed E-state index contributed by atoms with van der Waals surface area (Å²) < 4.78 is 20.7. The molecular weight excluding hydrogens is 351 g/mol. The molecule has 3 aromatic rings. The molecule has 1 atom stereocenters. The van der Waals surface area contributed by atoms with Crippen LogP contribution in [0.4, 0.5) is 4.39 Å². The summed E-state index contributed by atoms with van der Waals surface area (Å²) in [6.45, 7) is 1.55. The number of nitrogens with zero attached hydrogens (tertiary/aromatic N) is 6. The van der Waals surface area contributed by atoms with Crippen molar-refractivity contribution < 1.29 is 13.7 Å². The third-order valence-corrected chi connectivity index (χ3v) is 4.68. The van der Waals surface area contributed by atoms with Crippen LogP contribution in [0.1, 0.15) is 18.7 Å². The van der Waals surface area contributed by atoms with E-state index in [0.29, 0.717) is 24.4 Å². The van der Waals surface area contributed by atoms with E-state index in [-0.39, 0.29) is 30.0 Å². The Balaban J connectivity index is 1.38. The first-order chi connectivity index (χ1) is 13.2. The van der Waals surface area contributed by atoms with Gasteiger partial charge in [-0.05, 0) is 30.9 Å². The number of rotatable bonds is 5. The van der Waals surface area contributed by atoms with Gasteiger partial charge in [0.05, 0.1) is 5.56 Å². The Kier molecular flexibility index (Phi) is 4.91. The van der Waals surface area contributed by atoms with Crippen LogP contribution in [0.25, 0.3) is 11.4 Å². The zero-order valence-electron chi connectivity index (χ0n) is 14.7. The van der Waals surface area contributed by atoms with Crippen LogP contribution in [0.2, 0.25) is 0 Å². The molecule has 2 aromatic heterocycles. The van der Waals surface area contributed by atoms with Crippen molar-refractivity contribution in [1.29, 1.82) is 0 Å². The number of amides is 1. The van der Waals surface area contributed by atoms with E-state index in [4.69, 9.17) is 4.52 Å². The number of benzene rings is 1. The molecule has 0 unspecified atom stereocenters. The Morgan fingerprint density at radius 1 is 1.33 bits per heavy atom. The second-order valence-electron chi connectivity index (χ2n) is 6.64. The Morgan fingerprint density at radius 3 is 3.04 bits per heavy atom. The molecule has 3 heterocycles. The van der Waals surface area contributed by atoms with E-state index in [2.05, 4.69) is 20.2 Å². The fourth-order valence-corrected chi connectivity index (χ4v) is 3.35. The summed E-state index contributed by atoms with van der Waals surface area (Å²) >= 11 is 0. The van der Waals surface area contributed by atoms with E-state index in [1.54, 1.807) is 18.2 Å². The van der Waals surface area contributed by atoms with Crippen molar-refractivity contribution in [1.82, 2.24) is 29.8 Å². The Hall–Kier alpha value is -3.10. The summed E-state index contributed by atoms with van der Waals surface area (Å²) in [5.74, 6) is 0.574. The van der Waals surface area contributed by atoms with Gasteiger partial charge in [0.1, 0.15) is 25.0 Å². The average Bonchev–Trinajstić information content (AvgIpc) is 3.34. The van der Waals surface area contributed by atoms with Gasteiger partial charge in [0.2, 0.25) is 17.6 Å². The van der Waals surface area contributed by atoms with Gasteiger partial charge < -0.3 is 9.42 Å². The number of carbonyl (C=O) groups is 1. The molecule has 0 saturated carbocycles. The first kappa shape index (κ1) is 17.3. The third-order valence-electron chi connectivity index (χ3n) is 4.68. The molecule has 1 fully saturated rings. The molecule has 0 radical (unpaired) electrons. The second kappa shape index (κ2) is 7.65. The fraction of sp³-hybridized carbons (Fsp3) is 0.389. The molecule has 0 spiro atoms. The van der Waals surface area contributed by atoms with Gasteiger partial charge in [0, 0.05) is 19.5 Å². The summed E-state index contributed by atoms with van der Waals surface area (Å²) in [4.78, 5) is 22.4. The van der Waals surface area contributed by atoms with Crippen molar-refractivity contribution >= 4 is 5.91 Å². The summed E-state index contributed by atoms with van der Waals surface area (Å²) in [6.07, 6.45) is 5.40. The van der Waals surface area contributed by atoms with E-state index in [1.165, 1.54) is 23.4 Å². The lowest BCUT2D eigenvalue weighted by Crippen LogP contribution is -2.42. The van der Waals surface area contributed by atoms with E-state index in [9.17, 15) is 9.18 Å². The number of halogens is 1. The largest absolute Gasteiger partial charge is 0.341 e. The van der Waals surface area contributed by atoms with Crippen LogP contribution in [0.15, 0.2) is 41.4 Å². The van der Waals surface area contributed by atoms with Crippen molar-refractivity contribution in [3.8, 4) is 11.4 Å². The van der Waals surface area contributed by atoms with E-state index in [1.807, 2.05) is 4.90 Å². The predicted octanol–water partition coefficient (Wildman–Crippen LogP) is 1.95. The zero-order chi connectivity index (χ0) is 18.6. The molecule has 27 heavy (non-hydrogen) atoms. The molecule has 140 valence electrons. The molecule has 1 saturated heterocycles. The lowest BCUT2D eigenvalue weighted by atomic mass is 9.94. The van der Waals surface area contributed by atoms with Gasteiger partial charge >= 0.3 is 0 Å². The van der Waals surface area contributed by atoms with Crippen molar-refractivity contribution in [3.05, 3.63) is 48.6 Å². The van der Waals surface area contributed by atoms with Crippen LogP contribution in [-0.2, 0) is 17.8 Å². The summed E-state index contributed by atoms with van der Waals surface area (Å²) in [6, 6.07) is 6.33. The van der Waals surface area contributed by atoms with Crippen molar-refractivity contribution in [2.75, 3.05) is 13.1 Å². The highest BCUT2D eigenvalue weighted by atomic mass is 19.1. The van der Waals surface area contributed by atoms with Gasteiger partial charge in [0.15, 0.2) is 0 Å². The Bertz CT molecular complexity index is 910. The SMILES string of the molecule is O=C(Cn1cncn1)N1CCC[C@H](Cc2nc(-c3ccccc3F)no2)C1. The van der Waals surface area contributed by atoms with Gasteiger partial charge in [-0.1, -0.05) is 17.3 Å². The Labute approximate surface area is 155 Å². The first-order valence-corrected chi connectivity index (χ1v) is 8.86. The van der Waals surface area contributed by atoms with Gasteiger partial charge in [-0.25, -0.2) is 14.1 Å². The highest BCUT2D eigenvalue weighted by molar-refractivity contribution is 5.76. The third kappa shape index (κ3) is 4.02. The number of aromatic nitrogens is 5. The summed E-state index contributed by atoms with van der Waals surface area (Å²) in [5.41, 5.74) is 0.320. The van der Waals surface area contributed by atoms with E-state index >= 15 is 0 Å². The molecule has 0 N–H and O–H groups in total. The second-order valence-corrected chi connectivity index (χ2v) is 6.64. The average molecular weight is 370 g/mol.